The Labute approximate surface area is 70.1 Å². The first-order chi connectivity index (χ1) is 6.14. The fourth-order valence-corrected chi connectivity index (χ4v) is 0.758. The first-order valence-corrected chi connectivity index (χ1v) is 3.45. The Bertz CT molecular complexity index is 270. The van der Waals surface area contributed by atoms with Gasteiger partial charge in [0.2, 0.25) is 0 Å². The molecule has 0 atom stereocenters. The standard InChI is InChI=1S/C10H12O/c1-2-8-11-9-10-6-4-3-5-7-10/h2-7H,1,8-9H2/i8D2. The maximum atomic E-state index is 7.25. The third-order valence-corrected chi connectivity index (χ3v) is 1.25. The summed E-state index contributed by atoms with van der Waals surface area (Å²) in [6.45, 7) is 1.87. The highest BCUT2D eigenvalue weighted by Gasteiger charge is 1.87. The molecule has 1 heteroatoms. The van der Waals surface area contributed by atoms with E-state index < -0.39 is 6.56 Å². The van der Waals surface area contributed by atoms with Gasteiger partial charge in [0.1, 0.15) is 0 Å². The van der Waals surface area contributed by atoms with Crippen LogP contribution >= 0.6 is 0 Å². The normalized spacial score (nSPS) is 13.5. The van der Waals surface area contributed by atoms with Crippen LogP contribution in [0.15, 0.2) is 43.0 Å². The van der Waals surface area contributed by atoms with Crippen molar-refractivity contribution in [3.63, 3.8) is 0 Å². The summed E-state index contributed by atoms with van der Waals surface area (Å²) < 4.78 is 19.5. The highest BCUT2D eigenvalue weighted by Crippen LogP contribution is 1.99. The van der Waals surface area contributed by atoms with E-state index in [1.165, 1.54) is 0 Å². The molecule has 1 rings (SSSR count). The fourth-order valence-electron chi connectivity index (χ4n) is 0.758. The number of rotatable bonds is 4. The van der Waals surface area contributed by atoms with Gasteiger partial charge in [0.15, 0.2) is 0 Å². The second kappa shape index (κ2) is 4.69. The Kier molecular flexibility index (Phi) is 2.37. The molecule has 0 bridgehead atoms. The van der Waals surface area contributed by atoms with Gasteiger partial charge in [-0.1, -0.05) is 36.4 Å². The Hall–Kier alpha value is -1.08. The van der Waals surface area contributed by atoms with E-state index in [4.69, 9.17) is 7.48 Å². The minimum absolute atomic E-state index is 0.264. The van der Waals surface area contributed by atoms with Crippen molar-refractivity contribution in [3.8, 4) is 0 Å². The summed E-state index contributed by atoms with van der Waals surface area (Å²) in [7, 11) is 0. The third-order valence-electron chi connectivity index (χ3n) is 1.25. The van der Waals surface area contributed by atoms with Crippen molar-refractivity contribution in [2.24, 2.45) is 0 Å². The molecular formula is C10H12O. The van der Waals surface area contributed by atoms with Crippen molar-refractivity contribution in [1.29, 1.82) is 0 Å². The summed E-state index contributed by atoms with van der Waals surface area (Å²) in [5, 5.41) is 0. The third kappa shape index (κ3) is 3.01. The van der Waals surface area contributed by atoms with Crippen molar-refractivity contribution in [3.05, 3.63) is 48.6 Å². The summed E-state index contributed by atoms with van der Waals surface area (Å²) in [5.74, 6) is 0. The summed E-state index contributed by atoms with van der Waals surface area (Å²) in [5.41, 5.74) is 0.952. The van der Waals surface area contributed by atoms with Crippen LogP contribution in [0.5, 0.6) is 0 Å². The molecule has 0 aliphatic rings. The molecule has 0 aliphatic heterocycles. The monoisotopic (exact) mass is 150 g/mol. The van der Waals surface area contributed by atoms with Gasteiger partial charge in [-0.05, 0) is 5.56 Å². The van der Waals surface area contributed by atoms with Crippen molar-refractivity contribution < 1.29 is 7.48 Å². The molecule has 1 nitrogen and oxygen atoms in total. The van der Waals surface area contributed by atoms with Gasteiger partial charge in [-0.2, -0.15) is 0 Å². The average molecular weight is 150 g/mol. The van der Waals surface area contributed by atoms with Crippen LogP contribution in [0.3, 0.4) is 0 Å². The van der Waals surface area contributed by atoms with Gasteiger partial charge in [-0.3, -0.25) is 0 Å². The number of hydrogen-bond acceptors (Lipinski definition) is 1. The van der Waals surface area contributed by atoms with Crippen molar-refractivity contribution in [2.75, 3.05) is 6.56 Å². The molecule has 11 heavy (non-hydrogen) atoms. The molecule has 0 aromatic heterocycles. The second-order valence-corrected chi connectivity index (χ2v) is 2.10. The molecule has 0 saturated carbocycles. The fraction of sp³-hybridized carbons (Fsp3) is 0.200. The molecule has 0 fully saturated rings. The van der Waals surface area contributed by atoms with Gasteiger partial charge in [-0.15, -0.1) is 6.58 Å². The zero-order valence-electron chi connectivity index (χ0n) is 8.29. The first kappa shape index (κ1) is 5.56. The summed E-state index contributed by atoms with van der Waals surface area (Å²) in [6, 6.07) is 9.47. The van der Waals surface area contributed by atoms with Gasteiger partial charge in [0.25, 0.3) is 0 Å². The van der Waals surface area contributed by atoms with Crippen LogP contribution in [0, 0.1) is 0 Å². The summed E-state index contributed by atoms with van der Waals surface area (Å²) in [6.07, 6.45) is 1.15. The Morgan fingerprint density at radius 1 is 1.45 bits per heavy atom. The lowest BCUT2D eigenvalue weighted by Gasteiger charge is -1.99. The van der Waals surface area contributed by atoms with Gasteiger partial charge in [0.05, 0.1) is 15.9 Å². The second-order valence-electron chi connectivity index (χ2n) is 2.10. The van der Waals surface area contributed by atoms with E-state index in [0.29, 0.717) is 0 Å². The first-order valence-electron chi connectivity index (χ1n) is 4.45. The summed E-state index contributed by atoms with van der Waals surface area (Å²) in [4.78, 5) is 0. The molecule has 1 aromatic carbocycles. The van der Waals surface area contributed by atoms with Crippen LogP contribution in [-0.4, -0.2) is 6.56 Å². The SMILES string of the molecule is [2H]C([2H])(C=C)OCc1ccccc1. The predicted molar refractivity (Wildman–Crippen MR) is 46.3 cm³/mol. The van der Waals surface area contributed by atoms with Gasteiger partial charge in [0, 0.05) is 0 Å². The Morgan fingerprint density at radius 2 is 2.18 bits per heavy atom. The molecule has 0 unspecified atom stereocenters. The van der Waals surface area contributed by atoms with Gasteiger partial charge in [-0.25, -0.2) is 0 Å². The molecule has 0 radical (unpaired) electrons. The molecule has 0 amide bonds. The lowest BCUT2D eigenvalue weighted by molar-refractivity contribution is 0.149. The van der Waals surface area contributed by atoms with Crippen LogP contribution in [0.1, 0.15) is 8.30 Å². The topological polar surface area (TPSA) is 9.23 Å². The van der Waals surface area contributed by atoms with Crippen LogP contribution in [0.2, 0.25) is 0 Å². The van der Waals surface area contributed by atoms with E-state index in [0.717, 1.165) is 11.6 Å². The minimum Gasteiger partial charge on any atom is -0.373 e. The molecule has 0 saturated heterocycles. The molecule has 1 aromatic rings. The quantitative estimate of drug-likeness (QED) is 0.599. The number of ether oxygens (including phenoxy) is 1. The molecule has 0 aliphatic carbocycles. The maximum absolute atomic E-state index is 7.25. The van der Waals surface area contributed by atoms with E-state index in [9.17, 15) is 0 Å². The average Bonchev–Trinajstić information content (AvgIpc) is 2.17. The van der Waals surface area contributed by atoms with Crippen LogP contribution in [-0.2, 0) is 11.3 Å². The van der Waals surface area contributed by atoms with Gasteiger partial charge >= 0.3 is 0 Å². The van der Waals surface area contributed by atoms with Crippen molar-refractivity contribution in [1.82, 2.24) is 0 Å². The van der Waals surface area contributed by atoms with E-state index in [-0.39, 0.29) is 6.61 Å². The van der Waals surface area contributed by atoms with E-state index in [1.807, 2.05) is 30.3 Å². The number of hydrogen-bond donors (Lipinski definition) is 0. The van der Waals surface area contributed by atoms with E-state index in [2.05, 4.69) is 6.58 Å². The molecular weight excluding hydrogens is 136 g/mol. The zero-order chi connectivity index (χ0) is 9.73. The van der Waals surface area contributed by atoms with Crippen LogP contribution in [0.4, 0.5) is 0 Å². The molecule has 0 N–H and O–H groups in total. The highest BCUT2D eigenvalue weighted by atomic mass is 16.5. The van der Waals surface area contributed by atoms with Crippen LogP contribution in [0.25, 0.3) is 0 Å². The largest absolute Gasteiger partial charge is 0.373 e. The number of benzene rings is 1. The lowest BCUT2D eigenvalue weighted by Crippen LogP contribution is -1.91. The molecule has 0 spiro atoms. The Morgan fingerprint density at radius 3 is 2.82 bits per heavy atom. The molecule has 58 valence electrons. The van der Waals surface area contributed by atoms with Crippen molar-refractivity contribution >= 4 is 0 Å². The van der Waals surface area contributed by atoms with Gasteiger partial charge < -0.3 is 4.74 Å². The maximum Gasteiger partial charge on any atom is 0.0721 e. The lowest BCUT2D eigenvalue weighted by atomic mass is 10.2. The smallest absolute Gasteiger partial charge is 0.0721 e. The summed E-state index contributed by atoms with van der Waals surface area (Å²) >= 11 is 0. The zero-order valence-corrected chi connectivity index (χ0v) is 6.29. The van der Waals surface area contributed by atoms with Crippen molar-refractivity contribution in [2.45, 2.75) is 6.61 Å². The van der Waals surface area contributed by atoms with E-state index >= 15 is 0 Å². The highest BCUT2D eigenvalue weighted by molar-refractivity contribution is 5.13. The molecule has 0 heterocycles. The minimum atomic E-state index is -1.74. The Balaban J connectivity index is 2.48. The predicted octanol–water partition coefficient (Wildman–Crippen LogP) is 2.39. The van der Waals surface area contributed by atoms with E-state index in [1.54, 1.807) is 0 Å². The van der Waals surface area contributed by atoms with Crippen LogP contribution < -0.4 is 0 Å².